The minimum Gasteiger partial charge on any atom is -0.449 e. The number of amides is 1. The van der Waals surface area contributed by atoms with Crippen molar-refractivity contribution in [2.45, 2.75) is 37.3 Å². The number of anilines is 1. The summed E-state index contributed by atoms with van der Waals surface area (Å²) in [6, 6.07) is 15.2. The van der Waals surface area contributed by atoms with Gasteiger partial charge >= 0.3 is 5.97 Å². The summed E-state index contributed by atoms with van der Waals surface area (Å²) in [6.45, 7) is 3.64. The van der Waals surface area contributed by atoms with E-state index in [0.29, 0.717) is 5.56 Å². The Labute approximate surface area is 152 Å². The third-order valence-electron chi connectivity index (χ3n) is 4.40. The molecule has 2 aromatic rings. The highest BCUT2D eigenvalue weighted by molar-refractivity contribution is 7.98. The highest BCUT2D eigenvalue weighted by atomic mass is 32.2. The van der Waals surface area contributed by atoms with Crippen molar-refractivity contribution in [3.05, 3.63) is 59.7 Å². The maximum atomic E-state index is 12.9. The highest BCUT2D eigenvalue weighted by Gasteiger charge is 2.34. The second-order valence-electron chi connectivity index (χ2n) is 6.14. The van der Waals surface area contributed by atoms with E-state index in [0.717, 1.165) is 22.6 Å². The Bertz CT molecular complexity index is 805. The lowest BCUT2D eigenvalue weighted by molar-refractivity contribution is -0.126. The third kappa shape index (κ3) is 3.42. The molecule has 1 amide bonds. The predicted molar refractivity (Wildman–Crippen MR) is 100 cm³/mol. The van der Waals surface area contributed by atoms with Crippen molar-refractivity contribution in [1.82, 2.24) is 0 Å². The number of nitrogens with zero attached hydrogens (tertiary/aromatic N) is 1. The first-order valence-corrected chi connectivity index (χ1v) is 9.50. The van der Waals surface area contributed by atoms with E-state index < -0.39 is 12.1 Å². The monoisotopic (exact) mass is 355 g/mol. The molecule has 0 bridgehead atoms. The molecule has 0 radical (unpaired) electrons. The van der Waals surface area contributed by atoms with Crippen LogP contribution in [0, 0.1) is 0 Å². The molecule has 0 spiro atoms. The van der Waals surface area contributed by atoms with Crippen molar-refractivity contribution < 1.29 is 14.3 Å². The van der Waals surface area contributed by atoms with Gasteiger partial charge in [0.05, 0.1) is 5.56 Å². The summed E-state index contributed by atoms with van der Waals surface area (Å²) in [5.74, 6) is -0.654. The van der Waals surface area contributed by atoms with Gasteiger partial charge in [-0.3, -0.25) is 4.79 Å². The molecule has 2 aromatic carbocycles. The molecule has 1 aliphatic rings. The maximum absolute atomic E-state index is 12.9. The summed E-state index contributed by atoms with van der Waals surface area (Å²) in [5, 5.41) is 0. The first-order chi connectivity index (χ1) is 12.0. The Morgan fingerprint density at radius 1 is 1.16 bits per heavy atom. The quantitative estimate of drug-likeness (QED) is 0.616. The van der Waals surface area contributed by atoms with Crippen molar-refractivity contribution >= 4 is 29.3 Å². The average molecular weight is 355 g/mol. The molecule has 5 heteroatoms. The smallest absolute Gasteiger partial charge is 0.340 e. The van der Waals surface area contributed by atoms with Crippen LogP contribution in [0.1, 0.15) is 29.8 Å². The summed E-state index contributed by atoms with van der Waals surface area (Å²) >= 11 is 1.48. The Morgan fingerprint density at radius 3 is 2.60 bits per heavy atom. The normalized spacial score (nSPS) is 17.1. The topological polar surface area (TPSA) is 46.6 Å². The number of hydrogen-bond donors (Lipinski definition) is 0. The first-order valence-electron chi connectivity index (χ1n) is 8.28. The zero-order chi connectivity index (χ0) is 18.0. The molecular weight excluding hydrogens is 334 g/mol. The lowest BCUT2D eigenvalue weighted by Crippen LogP contribution is -2.43. The second-order valence-corrected chi connectivity index (χ2v) is 6.99. The minimum absolute atomic E-state index is 0.0598. The second kappa shape index (κ2) is 7.31. The largest absolute Gasteiger partial charge is 0.449 e. The molecule has 3 rings (SSSR count). The van der Waals surface area contributed by atoms with Crippen molar-refractivity contribution in [3.8, 4) is 0 Å². The maximum Gasteiger partial charge on any atom is 0.340 e. The molecule has 1 aliphatic heterocycles. The fourth-order valence-corrected chi connectivity index (χ4v) is 3.77. The van der Waals surface area contributed by atoms with E-state index >= 15 is 0 Å². The lowest BCUT2D eigenvalue weighted by Gasteiger charge is -2.26. The van der Waals surface area contributed by atoms with Gasteiger partial charge in [-0.1, -0.05) is 30.3 Å². The SMILES string of the molecule is CSc1ccccc1C(=O)O[C@H](C)C(=O)N1c2ccccc2C[C@H]1C. The number of para-hydroxylation sites is 1. The number of benzene rings is 2. The number of hydrogen-bond acceptors (Lipinski definition) is 4. The fourth-order valence-electron chi connectivity index (χ4n) is 3.18. The molecule has 1 heterocycles. The average Bonchev–Trinajstić information content (AvgIpc) is 2.96. The van der Waals surface area contributed by atoms with Crippen molar-refractivity contribution in [3.63, 3.8) is 0 Å². The van der Waals surface area contributed by atoms with Gasteiger partial charge in [0.2, 0.25) is 0 Å². The van der Waals surface area contributed by atoms with Crippen LogP contribution in [0.15, 0.2) is 53.4 Å². The van der Waals surface area contributed by atoms with Crippen molar-refractivity contribution in [2.75, 3.05) is 11.2 Å². The van der Waals surface area contributed by atoms with Gasteiger partial charge in [0.15, 0.2) is 6.10 Å². The van der Waals surface area contributed by atoms with E-state index in [1.165, 1.54) is 11.8 Å². The molecule has 130 valence electrons. The summed E-state index contributed by atoms with van der Waals surface area (Å²) in [5.41, 5.74) is 2.55. The van der Waals surface area contributed by atoms with E-state index in [9.17, 15) is 9.59 Å². The van der Waals surface area contributed by atoms with Crippen LogP contribution in [-0.2, 0) is 16.0 Å². The zero-order valence-corrected chi connectivity index (χ0v) is 15.4. The molecule has 4 nitrogen and oxygen atoms in total. The molecule has 25 heavy (non-hydrogen) atoms. The third-order valence-corrected chi connectivity index (χ3v) is 5.20. The number of ether oxygens (including phenoxy) is 1. The van der Waals surface area contributed by atoms with Crippen molar-refractivity contribution in [2.24, 2.45) is 0 Å². The van der Waals surface area contributed by atoms with Gasteiger partial charge in [-0.25, -0.2) is 4.79 Å². The Balaban J connectivity index is 1.76. The van der Waals surface area contributed by atoms with Crippen LogP contribution in [0.3, 0.4) is 0 Å². The lowest BCUT2D eigenvalue weighted by atomic mass is 10.1. The molecule has 0 unspecified atom stereocenters. The van der Waals surface area contributed by atoms with E-state index in [1.807, 2.05) is 49.6 Å². The zero-order valence-electron chi connectivity index (χ0n) is 14.6. The molecule has 0 saturated carbocycles. The van der Waals surface area contributed by atoms with Crippen molar-refractivity contribution in [1.29, 1.82) is 0 Å². The van der Waals surface area contributed by atoms with E-state index in [-0.39, 0.29) is 11.9 Å². The van der Waals surface area contributed by atoms with Gasteiger partial charge in [-0.15, -0.1) is 11.8 Å². The first kappa shape index (κ1) is 17.5. The van der Waals surface area contributed by atoms with E-state index in [4.69, 9.17) is 4.74 Å². The molecule has 0 N–H and O–H groups in total. The van der Waals surface area contributed by atoms with E-state index in [2.05, 4.69) is 0 Å². The highest BCUT2D eigenvalue weighted by Crippen LogP contribution is 2.32. The summed E-state index contributed by atoms with van der Waals surface area (Å²) < 4.78 is 5.47. The van der Waals surface area contributed by atoms with Gasteiger partial charge in [0.1, 0.15) is 0 Å². The summed E-state index contributed by atoms with van der Waals surface area (Å²) in [4.78, 5) is 27.9. The predicted octanol–water partition coefficient (Wildman–Crippen LogP) is 3.93. The Hall–Kier alpha value is -2.27. The van der Waals surface area contributed by atoms with Crippen LogP contribution in [0.2, 0.25) is 0 Å². The standard InChI is InChI=1S/C20H21NO3S/c1-13-12-15-8-4-6-10-17(15)21(13)19(22)14(2)24-20(23)16-9-5-7-11-18(16)25-3/h4-11,13-14H,12H2,1-3H3/t13-,14-/m1/s1. The van der Waals surface area contributed by atoms with Crippen LogP contribution in [0.5, 0.6) is 0 Å². The van der Waals surface area contributed by atoms with Crippen LogP contribution in [-0.4, -0.2) is 30.3 Å². The van der Waals surface area contributed by atoms with Gasteiger partial charge in [-0.05, 0) is 50.3 Å². The van der Waals surface area contributed by atoms with Crippen LogP contribution >= 0.6 is 11.8 Å². The van der Waals surface area contributed by atoms with Crippen LogP contribution < -0.4 is 4.90 Å². The summed E-state index contributed by atoms with van der Waals surface area (Å²) in [7, 11) is 0. The number of rotatable bonds is 4. The molecular formula is C20H21NO3S. The van der Waals surface area contributed by atoms with Gasteiger partial charge < -0.3 is 9.64 Å². The number of esters is 1. The van der Waals surface area contributed by atoms with Gasteiger partial charge in [0, 0.05) is 16.6 Å². The molecule has 0 aromatic heterocycles. The molecule has 0 saturated heterocycles. The van der Waals surface area contributed by atoms with Gasteiger partial charge in [-0.2, -0.15) is 0 Å². The van der Waals surface area contributed by atoms with Crippen LogP contribution in [0.25, 0.3) is 0 Å². The van der Waals surface area contributed by atoms with Crippen LogP contribution in [0.4, 0.5) is 5.69 Å². The Morgan fingerprint density at radius 2 is 1.84 bits per heavy atom. The molecule has 0 fully saturated rings. The Kier molecular flexibility index (Phi) is 5.13. The minimum atomic E-state index is -0.837. The number of carbonyl (C=O) groups excluding carboxylic acids is 2. The fraction of sp³-hybridized carbons (Fsp3) is 0.300. The molecule has 2 atom stereocenters. The van der Waals surface area contributed by atoms with Gasteiger partial charge in [0.25, 0.3) is 5.91 Å². The number of thioether (sulfide) groups is 1. The number of carbonyl (C=O) groups is 2. The molecule has 0 aliphatic carbocycles. The summed E-state index contributed by atoms with van der Waals surface area (Å²) in [6.07, 6.45) is 1.89. The van der Waals surface area contributed by atoms with E-state index in [1.54, 1.807) is 24.0 Å². The number of fused-ring (bicyclic) bond motifs is 1.